The summed E-state index contributed by atoms with van der Waals surface area (Å²) in [4.78, 5) is 24.3. The van der Waals surface area contributed by atoms with Crippen molar-refractivity contribution in [1.29, 1.82) is 0 Å². The quantitative estimate of drug-likeness (QED) is 0.696. The van der Waals surface area contributed by atoms with Gasteiger partial charge in [0.1, 0.15) is 11.6 Å². The van der Waals surface area contributed by atoms with Crippen molar-refractivity contribution in [2.24, 2.45) is 40.9 Å². The van der Waals surface area contributed by atoms with Gasteiger partial charge in [0.25, 0.3) is 0 Å². The van der Waals surface area contributed by atoms with Crippen LogP contribution in [-0.4, -0.2) is 11.6 Å². The van der Waals surface area contributed by atoms with Gasteiger partial charge in [0.15, 0.2) is 0 Å². The van der Waals surface area contributed by atoms with E-state index >= 15 is 0 Å². The molecule has 0 N–H and O–H groups in total. The first kappa shape index (κ1) is 10.3. The number of carbonyl (C=O) groups excluding carboxylic acids is 2. The molecule has 0 amide bonds. The lowest BCUT2D eigenvalue weighted by Gasteiger charge is -2.42. The van der Waals surface area contributed by atoms with Gasteiger partial charge in [0.2, 0.25) is 0 Å². The molecule has 0 aromatic heterocycles. The summed E-state index contributed by atoms with van der Waals surface area (Å²) in [7, 11) is 0. The van der Waals surface area contributed by atoms with Crippen molar-refractivity contribution in [1.82, 2.24) is 0 Å². The Balaban J connectivity index is 1.75. The normalized spacial score (nSPS) is 55.1. The number of carbonyl (C=O) groups is 2. The molecule has 0 aliphatic heterocycles. The summed E-state index contributed by atoms with van der Waals surface area (Å²) in [5.41, 5.74) is 0.444. The van der Waals surface area contributed by atoms with Gasteiger partial charge in [-0.05, 0) is 41.9 Å². The minimum Gasteiger partial charge on any atom is -0.299 e. The summed E-state index contributed by atoms with van der Waals surface area (Å²) in [5.74, 6) is 3.71. The van der Waals surface area contributed by atoms with E-state index in [2.05, 4.69) is 13.8 Å². The topological polar surface area (TPSA) is 34.1 Å². The highest BCUT2D eigenvalue weighted by molar-refractivity contribution is 5.98. The molecule has 4 aliphatic rings. The van der Waals surface area contributed by atoms with Gasteiger partial charge < -0.3 is 0 Å². The molecular formula is C15H20O2. The van der Waals surface area contributed by atoms with Crippen LogP contribution in [0.3, 0.4) is 0 Å². The molecule has 4 saturated carbocycles. The molecule has 0 heterocycles. The maximum atomic E-state index is 12.2. The lowest BCUT2D eigenvalue weighted by molar-refractivity contribution is -0.140. The number of hydrogen-bond acceptors (Lipinski definition) is 2. The molecular weight excluding hydrogens is 212 g/mol. The van der Waals surface area contributed by atoms with Gasteiger partial charge >= 0.3 is 0 Å². The summed E-state index contributed by atoms with van der Waals surface area (Å²) in [6.07, 6.45) is 3.56. The van der Waals surface area contributed by atoms with Crippen LogP contribution < -0.4 is 0 Å². The predicted octanol–water partition coefficient (Wildman–Crippen LogP) is 2.46. The summed E-state index contributed by atoms with van der Waals surface area (Å²) in [6.45, 7) is 4.58. The molecule has 1 spiro atoms. The van der Waals surface area contributed by atoms with E-state index in [9.17, 15) is 9.59 Å². The summed E-state index contributed by atoms with van der Waals surface area (Å²) < 4.78 is 0. The molecule has 2 heteroatoms. The zero-order valence-electron chi connectivity index (χ0n) is 10.6. The Kier molecular flexibility index (Phi) is 1.72. The number of fused-ring (bicyclic) bond motifs is 3. The predicted molar refractivity (Wildman–Crippen MR) is 63.2 cm³/mol. The molecule has 0 aromatic carbocycles. The number of rotatable bonds is 1. The van der Waals surface area contributed by atoms with E-state index in [4.69, 9.17) is 0 Å². The molecule has 6 unspecified atom stereocenters. The minimum absolute atomic E-state index is 0.135. The van der Waals surface area contributed by atoms with Crippen molar-refractivity contribution in [2.45, 2.75) is 39.5 Å². The van der Waals surface area contributed by atoms with E-state index in [-0.39, 0.29) is 11.8 Å². The second-order valence-electron chi connectivity index (χ2n) is 7.04. The van der Waals surface area contributed by atoms with Crippen LogP contribution >= 0.6 is 0 Å². The van der Waals surface area contributed by atoms with E-state index in [1.807, 2.05) is 0 Å². The highest BCUT2D eigenvalue weighted by Crippen LogP contribution is 2.84. The Bertz CT molecular complexity index is 425. The molecule has 17 heavy (non-hydrogen) atoms. The Morgan fingerprint density at radius 1 is 1.12 bits per heavy atom. The van der Waals surface area contributed by atoms with Crippen LogP contribution in [0.4, 0.5) is 0 Å². The third kappa shape index (κ3) is 0.924. The first-order valence-corrected chi connectivity index (χ1v) is 7.14. The third-order valence-corrected chi connectivity index (χ3v) is 6.38. The second-order valence-corrected chi connectivity index (χ2v) is 7.04. The fourth-order valence-electron chi connectivity index (χ4n) is 5.98. The van der Waals surface area contributed by atoms with Gasteiger partial charge in [-0.15, -0.1) is 0 Å². The largest absolute Gasteiger partial charge is 0.299 e. The molecule has 0 bridgehead atoms. The second kappa shape index (κ2) is 2.84. The first-order valence-electron chi connectivity index (χ1n) is 7.14. The van der Waals surface area contributed by atoms with Crippen molar-refractivity contribution in [3.05, 3.63) is 0 Å². The van der Waals surface area contributed by atoms with Gasteiger partial charge in [-0.1, -0.05) is 13.8 Å². The van der Waals surface area contributed by atoms with Gasteiger partial charge in [0, 0.05) is 24.7 Å². The Morgan fingerprint density at radius 3 is 2.29 bits per heavy atom. The minimum atomic E-state index is 0.135. The molecule has 0 aromatic rings. The maximum absolute atomic E-state index is 12.2. The smallest absolute Gasteiger partial charge is 0.137 e. The Labute approximate surface area is 102 Å². The number of Topliss-reactive ketones (excluding diaryl/α,β-unsaturated/α-hetero) is 2. The molecule has 0 radical (unpaired) electrons. The number of ketones is 2. The summed E-state index contributed by atoms with van der Waals surface area (Å²) in [6, 6.07) is 0. The van der Waals surface area contributed by atoms with Crippen LogP contribution in [0.1, 0.15) is 39.5 Å². The number of hydrogen-bond donors (Lipinski definition) is 0. The van der Waals surface area contributed by atoms with Crippen LogP contribution in [0, 0.1) is 40.9 Å². The fraction of sp³-hybridized carbons (Fsp3) is 0.867. The van der Waals surface area contributed by atoms with Crippen molar-refractivity contribution in [2.75, 3.05) is 0 Å². The van der Waals surface area contributed by atoms with E-state index in [0.29, 0.717) is 47.6 Å². The highest BCUT2D eigenvalue weighted by Gasteiger charge is 2.82. The standard InChI is InChI=1S/C15H20O2/c1-7(2)13-14-12-10(17)4-3-9(16)11(12)8-5-6-15(8,13)14/h7-8,11-14H,3-6H2,1-2H3. The molecule has 0 saturated heterocycles. The van der Waals surface area contributed by atoms with E-state index in [1.165, 1.54) is 12.8 Å². The molecule has 2 nitrogen and oxygen atoms in total. The van der Waals surface area contributed by atoms with Crippen molar-refractivity contribution in [3.63, 3.8) is 0 Å². The van der Waals surface area contributed by atoms with E-state index in [1.54, 1.807) is 0 Å². The molecule has 6 atom stereocenters. The molecule has 4 aliphatic carbocycles. The zero-order valence-corrected chi connectivity index (χ0v) is 10.6. The fourth-order valence-corrected chi connectivity index (χ4v) is 5.98. The van der Waals surface area contributed by atoms with E-state index < -0.39 is 0 Å². The molecule has 4 rings (SSSR count). The summed E-state index contributed by atoms with van der Waals surface area (Å²) in [5, 5.41) is 0. The zero-order chi connectivity index (χ0) is 11.9. The Morgan fingerprint density at radius 2 is 1.76 bits per heavy atom. The van der Waals surface area contributed by atoms with Gasteiger partial charge in [-0.2, -0.15) is 0 Å². The van der Waals surface area contributed by atoms with Gasteiger partial charge in [-0.25, -0.2) is 0 Å². The lowest BCUT2D eigenvalue weighted by Crippen LogP contribution is -2.43. The van der Waals surface area contributed by atoms with Crippen molar-refractivity contribution >= 4 is 11.6 Å². The lowest BCUT2D eigenvalue weighted by atomic mass is 9.61. The van der Waals surface area contributed by atoms with Crippen molar-refractivity contribution < 1.29 is 9.59 Å². The average Bonchev–Trinajstić information content (AvgIpc) is 2.89. The van der Waals surface area contributed by atoms with Crippen LogP contribution in [-0.2, 0) is 9.59 Å². The summed E-state index contributed by atoms with van der Waals surface area (Å²) >= 11 is 0. The third-order valence-electron chi connectivity index (χ3n) is 6.38. The Hall–Kier alpha value is -0.660. The van der Waals surface area contributed by atoms with Gasteiger partial charge in [0.05, 0.1) is 0 Å². The monoisotopic (exact) mass is 232 g/mol. The van der Waals surface area contributed by atoms with Crippen LogP contribution in [0.15, 0.2) is 0 Å². The van der Waals surface area contributed by atoms with Gasteiger partial charge in [-0.3, -0.25) is 9.59 Å². The van der Waals surface area contributed by atoms with E-state index in [0.717, 1.165) is 5.92 Å². The van der Waals surface area contributed by atoms with Crippen LogP contribution in [0.5, 0.6) is 0 Å². The van der Waals surface area contributed by atoms with Crippen LogP contribution in [0.25, 0.3) is 0 Å². The highest BCUT2D eigenvalue weighted by atomic mass is 16.1. The SMILES string of the molecule is CC(C)C1C2C3C(=O)CCC(=O)C3C3CCC312. The molecule has 4 fully saturated rings. The van der Waals surface area contributed by atoms with Crippen molar-refractivity contribution in [3.8, 4) is 0 Å². The first-order chi connectivity index (χ1) is 8.09. The molecule has 92 valence electrons. The van der Waals surface area contributed by atoms with Crippen LogP contribution in [0.2, 0.25) is 0 Å². The average molecular weight is 232 g/mol. The maximum Gasteiger partial charge on any atom is 0.137 e.